The van der Waals surface area contributed by atoms with Crippen molar-refractivity contribution in [1.29, 1.82) is 0 Å². The van der Waals surface area contributed by atoms with Crippen molar-refractivity contribution in [2.24, 2.45) is 0 Å². The van der Waals surface area contributed by atoms with E-state index in [1.807, 2.05) is 4.90 Å². The predicted octanol–water partition coefficient (Wildman–Crippen LogP) is 4.92. The molecule has 2 aliphatic heterocycles. The molecule has 2 amide bonds. The minimum atomic E-state index is -4.89. The predicted molar refractivity (Wildman–Crippen MR) is 126 cm³/mol. The van der Waals surface area contributed by atoms with Gasteiger partial charge in [0.15, 0.2) is 5.78 Å². The number of anilines is 1. The van der Waals surface area contributed by atoms with Crippen molar-refractivity contribution in [3.8, 4) is 0 Å². The number of nitrogens with zero attached hydrogens (tertiary/aromatic N) is 2. The number of halogens is 3. The molecule has 1 aromatic carbocycles. The number of carbonyl (C=O) groups is 3. The third kappa shape index (κ3) is 6.27. The van der Waals surface area contributed by atoms with Crippen molar-refractivity contribution < 1.29 is 37.4 Å². The molecule has 0 unspecified atom stereocenters. The van der Waals surface area contributed by atoms with E-state index in [1.165, 1.54) is 16.0 Å². The first-order valence-corrected chi connectivity index (χ1v) is 12.2. The maximum atomic E-state index is 12.6. The van der Waals surface area contributed by atoms with Gasteiger partial charge in [-0.1, -0.05) is 18.6 Å². The molecule has 7 nitrogen and oxygen atoms in total. The summed E-state index contributed by atoms with van der Waals surface area (Å²) < 4.78 is 41.9. The molecule has 0 aromatic heterocycles. The van der Waals surface area contributed by atoms with Crippen molar-refractivity contribution in [3.05, 3.63) is 52.3 Å². The standard InChI is InChI=1S/C26H29F3N2O5/c27-26(28,29)36-22-8-7-21(32)15-18(22)9-12-30(25(34)35)10-3-1-2-5-17-13-19-6-4-11-31-23(33)16-20(14-17)24(19)31/h7-8,13-14H,1-6,9-12,15-16H2,(H,34,35). The van der Waals surface area contributed by atoms with Crippen LogP contribution in [0.2, 0.25) is 0 Å². The maximum absolute atomic E-state index is 12.6. The van der Waals surface area contributed by atoms with Gasteiger partial charge < -0.3 is 19.6 Å². The van der Waals surface area contributed by atoms with Gasteiger partial charge in [0.2, 0.25) is 5.91 Å². The van der Waals surface area contributed by atoms with Gasteiger partial charge in [-0.3, -0.25) is 9.59 Å². The van der Waals surface area contributed by atoms with Crippen LogP contribution in [0.3, 0.4) is 0 Å². The normalized spacial score (nSPS) is 17.0. The molecule has 0 saturated carbocycles. The first kappa shape index (κ1) is 25.8. The van der Waals surface area contributed by atoms with Crippen LogP contribution in [0, 0.1) is 0 Å². The summed E-state index contributed by atoms with van der Waals surface area (Å²) in [6.07, 6.45) is 1.23. The number of carbonyl (C=O) groups excluding carboxylic acids is 2. The fraction of sp³-hybridized carbons (Fsp3) is 0.500. The van der Waals surface area contributed by atoms with E-state index < -0.39 is 18.2 Å². The summed E-state index contributed by atoms with van der Waals surface area (Å²) >= 11 is 0. The SMILES string of the molecule is O=C1C=CC(OC(F)(F)F)=C(CCN(CCCCCc2cc3c4c(c2)CC(=O)N4CCC3)C(=O)O)C1. The van der Waals surface area contributed by atoms with E-state index in [0.717, 1.165) is 62.1 Å². The minimum Gasteiger partial charge on any atom is -0.465 e. The number of rotatable bonds is 10. The Morgan fingerprint density at radius 3 is 2.56 bits per heavy atom. The Balaban J connectivity index is 1.26. The van der Waals surface area contributed by atoms with Crippen molar-refractivity contribution in [3.63, 3.8) is 0 Å². The lowest BCUT2D eigenvalue weighted by Crippen LogP contribution is -2.32. The number of ketones is 1. The molecular weight excluding hydrogens is 477 g/mol. The average Bonchev–Trinajstić information content (AvgIpc) is 3.12. The Labute approximate surface area is 207 Å². The van der Waals surface area contributed by atoms with Gasteiger partial charge in [-0.2, -0.15) is 0 Å². The lowest BCUT2D eigenvalue weighted by Gasteiger charge is -2.26. The molecule has 10 heteroatoms. The van der Waals surface area contributed by atoms with Crippen LogP contribution >= 0.6 is 0 Å². The summed E-state index contributed by atoms with van der Waals surface area (Å²) in [5.74, 6) is -0.622. The summed E-state index contributed by atoms with van der Waals surface area (Å²) in [4.78, 5) is 38.6. The van der Waals surface area contributed by atoms with Crippen LogP contribution in [0.15, 0.2) is 35.6 Å². The van der Waals surface area contributed by atoms with Crippen LogP contribution in [0.4, 0.5) is 23.7 Å². The Bertz CT molecular complexity index is 1110. The van der Waals surface area contributed by atoms with Crippen LogP contribution in [-0.2, 0) is 33.6 Å². The quantitative estimate of drug-likeness (QED) is 0.455. The number of carboxylic acid groups (broad SMARTS) is 1. The van der Waals surface area contributed by atoms with Crippen molar-refractivity contribution >= 4 is 23.5 Å². The van der Waals surface area contributed by atoms with Gasteiger partial charge in [0.05, 0.1) is 12.1 Å². The largest absolute Gasteiger partial charge is 0.573 e. The molecule has 1 aromatic rings. The highest BCUT2D eigenvalue weighted by molar-refractivity contribution is 6.02. The topological polar surface area (TPSA) is 87.2 Å². The van der Waals surface area contributed by atoms with Gasteiger partial charge in [0.25, 0.3) is 0 Å². The summed E-state index contributed by atoms with van der Waals surface area (Å²) in [5, 5.41) is 9.52. The molecule has 0 radical (unpaired) electrons. The third-order valence-electron chi connectivity index (χ3n) is 6.80. The molecule has 0 atom stereocenters. The van der Waals surface area contributed by atoms with Gasteiger partial charge >= 0.3 is 12.5 Å². The molecule has 194 valence electrons. The number of aryl methyl sites for hydroxylation is 2. The summed E-state index contributed by atoms with van der Waals surface area (Å²) in [6.45, 7) is 1.02. The van der Waals surface area contributed by atoms with Crippen LogP contribution in [0.1, 0.15) is 55.2 Å². The number of ether oxygens (including phenoxy) is 1. The summed E-state index contributed by atoms with van der Waals surface area (Å²) in [7, 11) is 0. The van der Waals surface area contributed by atoms with Crippen LogP contribution in [0.5, 0.6) is 0 Å². The van der Waals surface area contributed by atoms with E-state index in [1.54, 1.807) is 0 Å². The van der Waals surface area contributed by atoms with Crippen LogP contribution < -0.4 is 4.90 Å². The molecule has 0 fully saturated rings. The number of allylic oxidation sites excluding steroid dienone is 2. The van der Waals surface area contributed by atoms with Crippen LogP contribution in [0.25, 0.3) is 0 Å². The van der Waals surface area contributed by atoms with Crippen molar-refractivity contribution in [1.82, 2.24) is 4.90 Å². The Morgan fingerprint density at radius 1 is 1.03 bits per heavy atom. The number of alkyl halides is 3. The lowest BCUT2D eigenvalue weighted by molar-refractivity contribution is -0.303. The summed E-state index contributed by atoms with van der Waals surface area (Å²) in [5.41, 5.74) is 4.76. The van der Waals surface area contributed by atoms with E-state index in [-0.39, 0.29) is 43.2 Å². The molecule has 0 saturated heterocycles. The van der Waals surface area contributed by atoms with Gasteiger partial charge in [-0.15, -0.1) is 13.2 Å². The van der Waals surface area contributed by atoms with Crippen molar-refractivity contribution in [2.45, 2.75) is 64.1 Å². The van der Waals surface area contributed by atoms with E-state index >= 15 is 0 Å². The maximum Gasteiger partial charge on any atom is 0.573 e. The molecule has 0 bridgehead atoms. The molecular formula is C26H29F3N2O5. The zero-order valence-electron chi connectivity index (χ0n) is 19.9. The van der Waals surface area contributed by atoms with Crippen LogP contribution in [-0.4, -0.2) is 53.8 Å². The highest BCUT2D eigenvalue weighted by atomic mass is 19.4. The van der Waals surface area contributed by atoms with Crippen molar-refractivity contribution in [2.75, 3.05) is 24.5 Å². The zero-order valence-corrected chi connectivity index (χ0v) is 19.9. The number of benzene rings is 1. The Kier molecular flexibility index (Phi) is 7.70. The molecule has 36 heavy (non-hydrogen) atoms. The van der Waals surface area contributed by atoms with Gasteiger partial charge in [-0.05, 0) is 72.9 Å². The Hall–Kier alpha value is -3.30. The first-order valence-electron chi connectivity index (χ1n) is 12.2. The third-order valence-corrected chi connectivity index (χ3v) is 6.80. The fourth-order valence-electron chi connectivity index (χ4n) is 5.16. The van der Waals surface area contributed by atoms with E-state index in [9.17, 15) is 32.7 Å². The first-order chi connectivity index (χ1) is 17.1. The molecule has 2 heterocycles. The fourth-order valence-corrected chi connectivity index (χ4v) is 5.16. The van der Waals surface area contributed by atoms with Gasteiger partial charge in [-0.25, -0.2) is 4.79 Å². The van der Waals surface area contributed by atoms with E-state index in [4.69, 9.17) is 0 Å². The number of hydrogen-bond donors (Lipinski definition) is 1. The second-order valence-corrected chi connectivity index (χ2v) is 9.41. The average molecular weight is 507 g/mol. The van der Waals surface area contributed by atoms with E-state index in [2.05, 4.69) is 16.9 Å². The van der Waals surface area contributed by atoms with Gasteiger partial charge in [0.1, 0.15) is 5.76 Å². The molecule has 4 rings (SSSR count). The molecule has 1 aliphatic carbocycles. The van der Waals surface area contributed by atoms with Gasteiger partial charge in [0, 0.05) is 26.1 Å². The number of amides is 2. The molecule has 0 spiro atoms. The number of unbranched alkanes of at least 4 members (excludes halogenated alkanes) is 2. The smallest absolute Gasteiger partial charge is 0.465 e. The number of hydrogen-bond acceptors (Lipinski definition) is 4. The second-order valence-electron chi connectivity index (χ2n) is 9.41. The minimum absolute atomic E-state index is 0.0125. The highest BCUT2D eigenvalue weighted by Crippen LogP contribution is 2.38. The molecule has 3 aliphatic rings. The van der Waals surface area contributed by atoms with E-state index in [0.29, 0.717) is 12.8 Å². The second kappa shape index (κ2) is 10.8. The zero-order chi connectivity index (χ0) is 25.9. The highest BCUT2D eigenvalue weighted by Gasteiger charge is 2.34. The monoisotopic (exact) mass is 506 g/mol. The summed E-state index contributed by atoms with van der Waals surface area (Å²) in [6, 6.07) is 4.29. The molecule has 1 N–H and O–H groups in total. The Morgan fingerprint density at radius 2 is 1.81 bits per heavy atom. The lowest BCUT2D eigenvalue weighted by atomic mass is 9.95.